The fourth-order valence-electron chi connectivity index (χ4n) is 3.00. The van der Waals surface area contributed by atoms with Crippen molar-refractivity contribution in [2.45, 2.75) is 50.6 Å². The van der Waals surface area contributed by atoms with Gasteiger partial charge in [0.25, 0.3) is 0 Å². The van der Waals surface area contributed by atoms with Crippen molar-refractivity contribution in [3.8, 4) is 0 Å². The minimum absolute atomic E-state index is 0. The van der Waals surface area contributed by atoms with Gasteiger partial charge in [0, 0.05) is 11.6 Å². The lowest BCUT2D eigenvalue weighted by Gasteiger charge is -2.37. The number of hydrogen-bond donors (Lipinski definition) is 2. The number of hydrogen-bond acceptors (Lipinski definition) is 4. The van der Waals surface area contributed by atoms with E-state index in [1.54, 1.807) is 0 Å². The Kier molecular flexibility index (Phi) is 5.26. The van der Waals surface area contributed by atoms with Gasteiger partial charge >= 0.3 is 0 Å². The number of nitrogens with two attached hydrogens (primary N) is 1. The molecule has 2 fully saturated rings. The summed E-state index contributed by atoms with van der Waals surface area (Å²) in [6, 6.07) is -0.222. The van der Waals surface area contributed by atoms with E-state index >= 15 is 0 Å². The molecule has 0 aromatic carbocycles. The first-order valence-corrected chi connectivity index (χ1v) is 8.42. The Bertz CT molecular complexity index is 436. The molecule has 0 spiro atoms. The highest BCUT2D eigenvalue weighted by Crippen LogP contribution is 2.31. The molecule has 3 atom stereocenters. The lowest BCUT2D eigenvalue weighted by Crippen LogP contribution is -2.54. The van der Waals surface area contributed by atoms with Crippen molar-refractivity contribution in [3.05, 3.63) is 0 Å². The molecule has 0 bridgehead atoms. The third-order valence-corrected chi connectivity index (χ3v) is 5.92. The van der Waals surface area contributed by atoms with Crippen molar-refractivity contribution in [2.75, 3.05) is 11.5 Å². The number of carbonyl (C=O) groups excluding carboxylic acids is 1. The summed E-state index contributed by atoms with van der Waals surface area (Å²) >= 11 is 0. The maximum absolute atomic E-state index is 12.2. The van der Waals surface area contributed by atoms with Gasteiger partial charge in [-0.05, 0) is 26.2 Å². The molecule has 2 rings (SSSR count). The van der Waals surface area contributed by atoms with Gasteiger partial charge in [0.1, 0.15) is 0 Å². The van der Waals surface area contributed by atoms with Crippen molar-refractivity contribution >= 4 is 28.2 Å². The molecule has 112 valence electrons. The summed E-state index contributed by atoms with van der Waals surface area (Å²) in [7, 11) is -2.95. The molecule has 7 heteroatoms. The molecule has 1 saturated heterocycles. The van der Waals surface area contributed by atoms with Crippen LogP contribution in [-0.4, -0.2) is 37.4 Å². The quantitative estimate of drug-likeness (QED) is 0.782. The second-order valence-corrected chi connectivity index (χ2v) is 8.14. The lowest BCUT2D eigenvalue weighted by molar-refractivity contribution is -0.128. The fourth-order valence-corrected chi connectivity index (χ4v) is 4.67. The number of rotatable bonds is 2. The Morgan fingerprint density at radius 1 is 1.32 bits per heavy atom. The maximum atomic E-state index is 12.2. The van der Waals surface area contributed by atoms with Crippen LogP contribution in [0.1, 0.15) is 39.0 Å². The predicted octanol–water partition coefficient (Wildman–Crippen LogP) is 0.619. The van der Waals surface area contributed by atoms with Gasteiger partial charge in [0.15, 0.2) is 9.84 Å². The molecule has 2 aliphatic rings. The van der Waals surface area contributed by atoms with Crippen molar-refractivity contribution < 1.29 is 13.2 Å². The normalized spacial score (nSPS) is 37.4. The summed E-state index contributed by atoms with van der Waals surface area (Å²) in [5.41, 5.74) is 5.71. The van der Waals surface area contributed by atoms with Crippen LogP contribution in [0.5, 0.6) is 0 Å². The zero-order valence-electron chi connectivity index (χ0n) is 11.2. The molecular formula is C12H23ClN2O3S. The lowest BCUT2D eigenvalue weighted by atomic mass is 9.74. The van der Waals surface area contributed by atoms with Gasteiger partial charge in [-0.25, -0.2) is 8.42 Å². The Hall–Kier alpha value is -0.330. The highest BCUT2D eigenvalue weighted by molar-refractivity contribution is 7.91. The number of sulfone groups is 1. The van der Waals surface area contributed by atoms with E-state index in [0.717, 1.165) is 25.7 Å². The number of halogens is 1. The standard InChI is InChI=1S/C12H22N2O3S.ClH/c1-12(13)6-3-2-4-10(12)11(15)14-9-5-7-18(16,17)8-9;/h9-10H,2-8,13H2,1H3,(H,14,15);1H. The molecule has 1 amide bonds. The van der Waals surface area contributed by atoms with Gasteiger partial charge in [-0.15, -0.1) is 12.4 Å². The average molecular weight is 311 g/mol. The van der Waals surface area contributed by atoms with Crippen LogP contribution in [0.2, 0.25) is 0 Å². The van der Waals surface area contributed by atoms with Gasteiger partial charge in [-0.2, -0.15) is 0 Å². The van der Waals surface area contributed by atoms with E-state index < -0.39 is 15.4 Å². The second kappa shape index (κ2) is 5.97. The van der Waals surface area contributed by atoms with Crippen LogP contribution in [0, 0.1) is 5.92 Å². The van der Waals surface area contributed by atoms with E-state index in [9.17, 15) is 13.2 Å². The van der Waals surface area contributed by atoms with Crippen LogP contribution in [0.25, 0.3) is 0 Å². The van der Waals surface area contributed by atoms with Crippen LogP contribution >= 0.6 is 12.4 Å². The first kappa shape index (κ1) is 16.7. The van der Waals surface area contributed by atoms with Crippen molar-refractivity contribution in [2.24, 2.45) is 11.7 Å². The van der Waals surface area contributed by atoms with E-state index in [1.807, 2.05) is 6.92 Å². The number of amides is 1. The largest absolute Gasteiger partial charge is 0.352 e. The zero-order valence-corrected chi connectivity index (χ0v) is 12.9. The SMILES string of the molecule is CC1(N)CCCCC1C(=O)NC1CCS(=O)(=O)C1.Cl. The Balaban J connectivity index is 0.00000180. The van der Waals surface area contributed by atoms with Crippen LogP contribution in [-0.2, 0) is 14.6 Å². The van der Waals surface area contributed by atoms with E-state index in [4.69, 9.17) is 5.73 Å². The number of nitrogens with one attached hydrogen (secondary N) is 1. The summed E-state index contributed by atoms with van der Waals surface area (Å²) in [6.45, 7) is 1.92. The monoisotopic (exact) mass is 310 g/mol. The Morgan fingerprint density at radius 2 is 2.00 bits per heavy atom. The third-order valence-electron chi connectivity index (χ3n) is 4.15. The summed E-state index contributed by atoms with van der Waals surface area (Å²) in [6.07, 6.45) is 4.27. The molecule has 1 heterocycles. The first-order chi connectivity index (χ1) is 8.30. The average Bonchev–Trinajstić information content (AvgIpc) is 2.57. The van der Waals surface area contributed by atoms with E-state index in [0.29, 0.717) is 6.42 Å². The van der Waals surface area contributed by atoms with Gasteiger partial charge in [0.05, 0.1) is 17.4 Å². The molecule has 0 aromatic heterocycles. The van der Waals surface area contributed by atoms with Crippen LogP contribution in [0.4, 0.5) is 0 Å². The van der Waals surface area contributed by atoms with E-state index in [2.05, 4.69) is 5.32 Å². The minimum Gasteiger partial charge on any atom is -0.352 e. The van der Waals surface area contributed by atoms with Crippen molar-refractivity contribution in [1.29, 1.82) is 0 Å². The highest BCUT2D eigenvalue weighted by Gasteiger charge is 2.39. The van der Waals surface area contributed by atoms with Crippen molar-refractivity contribution in [3.63, 3.8) is 0 Å². The van der Waals surface area contributed by atoms with E-state index in [1.165, 1.54) is 0 Å². The van der Waals surface area contributed by atoms with E-state index in [-0.39, 0.29) is 41.8 Å². The molecule has 0 radical (unpaired) electrons. The number of carbonyl (C=O) groups is 1. The Morgan fingerprint density at radius 3 is 2.53 bits per heavy atom. The summed E-state index contributed by atoms with van der Waals surface area (Å²) in [5, 5.41) is 2.86. The summed E-state index contributed by atoms with van der Waals surface area (Å²) in [4.78, 5) is 12.2. The highest BCUT2D eigenvalue weighted by atomic mass is 35.5. The van der Waals surface area contributed by atoms with Crippen molar-refractivity contribution in [1.82, 2.24) is 5.32 Å². The minimum atomic E-state index is -2.95. The first-order valence-electron chi connectivity index (χ1n) is 6.60. The third kappa shape index (κ3) is 4.07. The summed E-state index contributed by atoms with van der Waals surface area (Å²) in [5.74, 6) is 0.00580. The molecule has 19 heavy (non-hydrogen) atoms. The molecule has 1 aliphatic heterocycles. The molecule has 5 nitrogen and oxygen atoms in total. The molecule has 1 saturated carbocycles. The fraction of sp³-hybridized carbons (Fsp3) is 0.917. The molecular weight excluding hydrogens is 288 g/mol. The van der Waals surface area contributed by atoms with Gasteiger partial charge in [-0.1, -0.05) is 12.8 Å². The maximum Gasteiger partial charge on any atom is 0.225 e. The van der Waals surface area contributed by atoms with Crippen LogP contribution in [0.3, 0.4) is 0 Å². The van der Waals surface area contributed by atoms with Gasteiger partial charge in [-0.3, -0.25) is 4.79 Å². The van der Waals surface area contributed by atoms with Gasteiger partial charge in [0.2, 0.25) is 5.91 Å². The summed E-state index contributed by atoms with van der Waals surface area (Å²) < 4.78 is 22.7. The smallest absolute Gasteiger partial charge is 0.225 e. The zero-order chi connectivity index (χ0) is 13.4. The molecule has 1 aliphatic carbocycles. The van der Waals surface area contributed by atoms with Gasteiger partial charge < -0.3 is 11.1 Å². The molecule has 3 N–H and O–H groups in total. The van der Waals surface area contributed by atoms with Crippen LogP contribution in [0.15, 0.2) is 0 Å². The Labute approximate surface area is 121 Å². The predicted molar refractivity (Wildman–Crippen MR) is 77.0 cm³/mol. The van der Waals surface area contributed by atoms with Crippen LogP contribution < -0.4 is 11.1 Å². The second-order valence-electron chi connectivity index (χ2n) is 5.91. The molecule has 3 unspecified atom stereocenters. The topological polar surface area (TPSA) is 89.3 Å². The molecule has 0 aromatic rings.